The Kier molecular flexibility index (Phi) is 2.01. The summed E-state index contributed by atoms with van der Waals surface area (Å²) in [6, 6.07) is 0.204. The van der Waals surface area contributed by atoms with E-state index >= 15 is 0 Å². The van der Waals surface area contributed by atoms with E-state index in [9.17, 15) is 8.78 Å². The van der Waals surface area contributed by atoms with Gasteiger partial charge in [0.05, 0.1) is 18.6 Å². The van der Waals surface area contributed by atoms with E-state index in [1.165, 1.54) is 18.6 Å². The molecule has 0 aliphatic heterocycles. The number of alkyl halides is 2. The van der Waals surface area contributed by atoms with Gasteiger partial charge < -0.3 is 10.2 Å². The second-order valence-corrected chi connectivity index (χ2v) is 1.92. The molecule has 0 radical (unpaired) electrons. The molecular formula is C6H7F2NO. The SMILES string of the molecule is N[C@H](c1ccoc1)C(F)F. The van der Waals surface area contributed by atoms with Crippen LogP contribution in [0.1, 0.15) is 11.6 Å². The van der Waals surface area contributed by atoms with Crippen LogP contribution >= 0.6 is 0 Å². The van der Waals surface area contributed by atoms with Crippen LogP contribution in [0.15, 0.2) is 23.0 Å². The fraction of sp³-hybridized carbons (Fsp3) is 0.333. The van der Waals surface area contributed by atoms with Crippen molar-refractivity contribution in [1.29, 1.82) is 0 Å². The van der Waals surface area contributed by atoms with Gasteiger partial charge in [-0.05, 0) is 6.07 Å². The lowest BCUT2D eigenvalue weighted by molar-refractivity contribution is 0.116. The summed E-state index contributed by atoms with van der Waals surface area (Å²) in [4.78, 5) is 0. The van der Waals surface area contributed by atoms with Crippen LogP contribution in [0.25, 0.3) is 0 Å². The third-order valence-corrected chi connectivity index (χ3v) is 1.20. The number of furan rings is 1. The summed E-state index contributed by atoms with van der Waals surface area (Å²) >= 11 is 0. The van der Waals surface area contributed by atoms with Crippen molar-refractivity contribution in [2.75, 3.05) is 0 Å². The van der Waals surface area contributed by atoms with Crippen molar-refractivity contribution in [3.05, 3.63) is 24.2 Å². The Balaban J connectivity index is 2.68. The summed E-state index contributed by atoms with van der Waals surface area (Å²) in [6.07, 6.45) is 0.00611. The third kappa shape index (κ3) is 1.33. The van der Waals surface area contributed by atoms with E-state index in [1.54, 1.807) is 0 Å². The molecule has 1 heterocycles. The molecule has 0 spiro atoms. The molecule has 1 aromatic heterocycles. The molecule has 0 bridgehead atoms. The highest BCUT2D eigenvalue weighted by molar-refractivity contribution is 5.11. The fourth-order valence-corrected chi connectivity index (χ4v) is 0.610. The zero-order valence-corrected chi connectivity index (χ0v) is 5.13. The highest BCUT2D eigenvalue weighted by atomic mass is 19.3. The van der Waals surface area contributed by atoms with Crippen LogP contribution in [0.5, 0.6) is 0 Å². The van der Waals surface area contributed by atoms with Gasteiger partial charge in [-0.15, -0.1) is 0 Å². The standard InChI is InChI=1S/C6H7F2NO/c7-6(8)5(9)4-1-2-10-3-4/h1-3,5-6H,9H2/t5-/m1/s1. The second kappa shape index (κ2) is 2.79. The van der Waals surface area contributed by atoms with E-state index in [1.807, 2.05) is 0 Å². The summed E-state index contributed by atoms with van der Waals surface area (Å²) in [5.41, 5.74) is 5.40. The van der Waals surface area contributed by atoms with Gasteiger partial charge in [-0.25, -0.2) is 8.78 Å². The van der Waals surface area contributed by atoms with Crippen LogP contribution in [-0.2, 0) is 0 Å². The lowest BCUT2D eigenvalue weighted by Gasteiger charge is -2.05. The van der Waals surface area contributed by atoms with E-state index in [4.69, 9.17) is 5.73 Å². The predicted molar refractivity (Wildman–Crippen MR) is 31.6 cm³/mol. The maximum atomic E-state index is 11.8. The zero-order chi connectivity index (χ0) is 7.56. The quantitative estimate of drug-likeness (QED) is 0.689. The maximum Gasteiger partial charge on any atom is 0.257 e. The number of nitrogens with two attached hydrogens (primary N) is 1. The molecule has 0 unspecified atom stereocenters. The van der Waals surface area contributed by atoms with E-state index in [0.717, 1.165) is 0 Å². The summed E-state index contributed by atoms with van der Waals surface area (Å²) in [6.45, 7) is 0. The Morgan fingerprint density at radius 1 is 1.50 bits per heavy atom. The van der Waals surface area contributed by atoms with Crippen LogP contribution in [0.4, 0.5) is 8.78 Å². The molecule has 0 aliphatic carbocycles. The first-order valence-corrected chi connectivity index (χ1v) is 2.77. The average molecular weight is 147 g/mol. The van der Waals surface area contributed by atoms with Gasteiger partial charge in [0.15, 0.2) is 0 Å². The van der Waals surface area contributed by atoms with Gasteiger partial charge in [-0.2, -0.15) is 0 Å². The lowest BCUT2D eigenvalue weighted by atomic mass is 10.2. The average Bonchev–Trinajstić information content (AvgIpc) is 2.36. The van der Waals surface area contributed by atoms with Crippen molar-refractivity contribution >= 4 is 0 Å². The van der Waals surface area contributed by atoms with Gasteiger partial charge in [0.25, 0.3) is 6.43 Å². The molecule has 4 heteroatoms. The largest absolute Gasteiger partial charge is 0.472 e. The Morgan fingerprint density at radius 3 is 2.60 bits per heavy atom. The minimum Gasteiger partial charge on any atom is -0.472 e. The van der Waals surface area contributed by atoms with Crippen LogP contribution < -0.4 is 5.73 Å². The molecule has 1 rings (SSSR count). The predicted octanol–water partition coefficient (Wildman–Crippen LogP) is 1.54. The molecule has 1 atom stereocenters. The number of halogens is 2. The fourth-order valence-electron chi connectivity index (χ4n) is 0.610. The first-order chi connectivity index (χ1) is 4.72. The molecule has 0 saturated heterocycles. The van der Waals surface area contributed by atoms with Gasteiger partial charge in [-0.1, -0.05) is 0 Å². The molecule has 2 N–H and O–H groups in total. The van der Waals surface area contributed by atoms with E-state index in [-0.39, 0.29) is 0 Å². The minimum atomic E-state index is -2.53. The summed E-state index contributed by atoms with van der Waals surface area (Å²) in [5.74, 6) is 0. The molecule has 2 nitrogen and oxygen atoms in total. The summed E-state index contributed by atoms with van der Waals surface area (Å²) in [5, 5.41) is 0. The van der Waals surface area contributed by atoms with Crippen molar-refractivity contribution in [3.63, 3.8) is 0 Å². The minimum absolute atomic E-state index is 0.329. The van der Waals surface area contributed by atoms with Crippen molar-refractivity contribution in [2.45, 2.75) is 12.5 Å². The Hall–Kier alpha value is -0.900. The zero-order valence-electron chi connectivity index (χ0n) is 5.13. The smallest absolute Gasteiger partial charge is 0.257 e. The van der Waals surface area contributed by atoms with E-state index in [0.29, 0.717) is 5.56 Å². The first kappa shape index (κ1) is 7.21. The normalized spacial score (nSPS) is 14.0. The van der Waals surface area contributed by atoms with Crippen molar-refractivity contribution in [1.82, 2.24) is 0 Å². The molecule has 56 valence electrons. The molecule has 10 heavy (non-hydrogen) atoms. The Bertz CT molecular complexity index is 186. The molecular weight excluding hydrogens is 140 g/mol. The number of hydrogen-bond acceptors (Lipinski definition) is 2. The van der Waals surface area contributed by atoms with Crippen molar-refractivity contribution in [3.8, 4) is 0 Å². The van der Waals surface area contributed by atoms with Gasteiger partial charge in [0.2, 0.25) is 0 Å². The molecule has 0 saturated carbocycles. The van der Waals surface area contributed by atoms with Gasteiger partial charge >= 0.3 is 0 Å². The number of hydrogen-bond donors (Lipinski definition) is 1. The van der Waals surface area contributed by atoms with Gasteiger partial charge in [0, 0.05) is 5.56 Å². The second-order valence-electron chi connectivity index (χ2n) is 1.92. The monoisotopic (exact) mass is 147 g/mol. The maximum absolute atomic E-state index is 11.8. The van der Waals surface area contributed by atoms with E-state index in [2.05, 4.69) is 4.42 Å². The van der Waals surface area contributed by atoms with Crippen LogP contribution in [-0.4, -0.2) is 6.43 Å². The van der Waals surface area contributed by atoms with Crippen LogP contribution in [0.2, 0.25) is 0 Å². The Labute approximate surface area is 56.6 Å². The van der Waals surface area contributed by atoms with Crippen LogP contribution in [0.3, 0.4) is 0 Å². The van der Waals surface area contributed by atoms with Gasteiger partial charge in [0.1, 0.15) is 0 Å². The van der Waals surface area contributed by atoms with Crippen LogP contribution in [0, 0.1) is 0 Å². The third-order valence-electron chi connectivity index (χ3n) is 1.20. The lowest BCUT2D eigenvalue weighted by Crippen LogP contribution is -2.17. The first-order valence-electron chi connectivity index (χ1n) is 2.77. The highest BCUT2D eigenvalue weighted by Crippen LogP contribution is 2.17. The molecule has 0 aromatic carbocycles. The van der Waals surface area contributed by atoms with Crippen molar-refractivity contribution < 1.29 is 13.2 Å². The Morgan fingerprint density at radius 2 is 2.20 bits per heavy atom. The van der Waals surface area contributed by atoms with Crippen molar-refractivity contribution in [2.24, 2.45) is 5.73 Å². The molecule has 1 aromatic rings. The van der Waals surface area contributed by atoms with E-state index < -0.39 is 12.5 Å². The summed E-state index contributed by atoms with van der Waals surface area (Å²) in [7, 11) is 0. The molecule has 0 aliphatic rings. The number of rotatable bonds is 2. The summed E-state index contributed by atoms with van der Waals surface area (Å²) < 4.78 is 28.2. The highest BCUT2D eigenvalue weighted by Gasteiger charge is 2.17. The molecule has 0 amide bonds. The topological polar surface area (TPSA) is 39.2 Å². The molecule has 0 fully saturated rings. The van der Waals surface area contributed by atoms with Gasteiger partial charge in [-0.3, -0.25) is 0 Å².